The molecule has 0 amide bonds. The SMILES string of the molecule is COc1cc(C)nc2ccc(C3=C(C)[C@@H]4CC[C@H](C3)O4)cc12. The lowest BCUT2D eigenvalue weighted by molar-refractivity contribution is 0.0599. The van der Waals surface area contributed by atoms with E-state index < -0.39 is 0 Å². The molecule has 2 bridgehead atoms. The fourth-order valence-electron chi connectivity index (χ4n) is 3.78. The highest BCUT2D eigenvalue weighted by atomic mass is 16.5. The van der Waals surface area contributed by atoms with E-state index in [9.17, 15) is 0 Å². The van der Waals surface area contributed by atoms with Crippen molar-refractivity contribution in [1.82, 2.24) is 4.98 Å². The summed E-state index contributed by atoms with van der Waals surface area (Å²) in [4.78, 5) is 4.61. The van der Waals surface area contributed by atoms with Gasteiger partial charge in [0.2, 0.25) is 0 Å². The zero-order valence-corrected chi connectivity index (χ0v) is 13.3. The quantitative estimate of drug-likeness (QED) is 0.829. The first-order chi connectivity index (χ1) is 10.7. The Balaban J connectivity index is 1.86. The molecule has 4 rings (SSSR count). The summed E-state index contributed by atoms with van der Waals surface area (Å²) in [6, 6.07) is 8.53. The normalized spacial score (nSPS) is 24.1. The lowest BCUT2D eigenvalue weighted by Crippen LogP contribution is -2.19. The third kappa shape index (κ3) is 2.12. The summed E-state index contributed by atoms with van der Waals surface area (Å²) in [7, 11) is 1.72. The van der Waals surface area contributed by atoms with Crippen LogP contribution in [0.25, 0.3) is 16.5 Å². The minimum absolute atomic E-state index is 0.322. The van der Waals surface area contributed by atoms with Gasteiger partial charge in [-0.05, 0) is 62.0 Å². The molecule has 1 saturated heterocycles. The highest BCUT2D eigenvalue weighted by Crippen LogP contribution is 2.41. The largest absolute Gasteiger partial charge is 0.496 e. The molecular weight excluding hydrogens is 274 g/mol. The molecule has 0 unspecified atom stereocenters. The van der Waals surface area contributed by atoms with Gasteiger partial charge in [0.1, 0.15) is 5.75 Å². The number of aryl methyl sites for hydroxylation is 1. The Morgan fingerprint density at radius 3 is 2.86 bits per heavy atom. The lowest BCUT2D eigenvalue weighted by atomic mass is 9.92. The van der Waals surface area contributed by atoms with Crippen molar-refractivity contribution in [3.63, 3.8) is 0 Å². The van der Waals surface area contributed by atoms with E-state index >= 15 is 0 Å². The van der Waals surface area contributed by atoms with Gasteiger partial charge in [0.25, 0.3) is 0 Å². The van der Waals surface area contributed by atoms with Gasteiger partial charge in [-0.25, -0.2) is 0 Å². The number of hydrogen-bond donors (Lipinski definition) is 0. The van der Waals surface area contributed by atoms with Gasteiger partial charge in [-0.1, -0.05) is 6.07 Å². The van der Waals surface area contributed by atoms with E-state index in [2.05, 4.69) is 30.1 Å². The first-order valence-corrected chi connectivity index (χ1v) is 7.96. The second kappa shape index (κ2) is 5.10. The smallest absolute Gasteiger partial charge is 0.130 e. The average Bonchev–Trinajstić information content (AvgIpc) is 2.93. The third-order valence-electron chi connectivity index (χ3n) is 4.97. The number of pyridine rings is 1. The Bertz CT molecular complexity index is 778. The topological polar surface area (TPSA) is 31.4 Å². The van der Waals surface area contributed by atoms with Crippen LogP contribution in [0.2, 0.25) is 0 Å². The number of ether oxygens (including phenoxy) is 2. The Hall–Kier alpha value is -1.87. The Morgan fingerprint density at radius 2 is 2.05 bits per heavy atom. The summed E-state index contributed by atoms with van der Waals surface area (Å²) in [5.74, 6) is 0.901. The van der Waals surface area contributed by atoms with Gasteiger partial charge in [-0.2, -0.15) is 0 Å². The molecule has 0 saturated carbocycles. The fraction of sp³-hybridized carbons (Fsp3) is 0.421. The molecule has 2 atom stereocenters. The van der Waals surface area contributed by atoms with Crippen LogP contribution in [-0.4, -0.2) is 24.3 Å². The molecule has 1 fully saturated rings. The maximum atomic E-state index is 6.01. The van der Waals surface area contributed by atoms with Crippen molar-refractivity contribution >= 4 is 16.5 Å². The summed E-state index contributed by atoms with van der Waals surface area (Å²) in [5, 5.41) is 1.09. The maximum absolute atomic E-state index is 6.01. The molecule has 2 aliphatic rings. The summed E-state index contributed by atoms with van der Waals surface area (Å²) in [6.45, 7) is 4.22. The van der Waals surface area contributed by atoms with E-state index in [1.54, 1.807) is 7.11 Å². The third-order valence-corrected chi connectivity index (χ3v) is 4.97. The van der Waals surface area contributed by atoms with Crippen LogP contribution in [-0.2, 0) is 4.74 Å². The number of rotatable bonds is 2. The van der Waals surface area contributed by atoms with Gasteiger partial charge in [-0.3, -0.25) is 4.98 Å². The predicted molar refractivity (Wildman–Crippen MR) is 88.1 cm³/mol. The molecule has 3 heterocycles. The Kier molecular flexibility index (Phi) is 3.19. The molecule has 0 aliphatic carbocycles. The second-order valence-electron chi connectivity index (χ2n) is 6.39. The molecule has 0 radical (unpaired) electrons. The number of fused-ring (bicyclic) bond motifs is 3. The van der Waals surface area contributed by atoms with Gasteiger partial charge in [0.15, 0.2) is 0 Å². The zero-order chi connectivity index (χ0) is 15.3. The van der Waals surface area contributed by atoms with Gasteiger partial charge >= 0.3 is 0 Å². The van der Waals surface area contributed by atoms with Crippen LogP contribution >= 0.6 is 0 Å². The number of aromatic nitrogens is 1. The van der Waals surface area contributed by atoms with Gasteiger partial charge in [-0.15, -0.1) is 0 Å². The summed E-state index contributed by atoms with van der Waals surface area (Å²) < 4.78 is 11.6. The van der Waals surface area contributed by atoms with E-state index in [1.165, 1.54) is 23.1 Å². The second-order valence-corrected chi connectivity index (χ2v) is 6.39. The molecule has 3 nitrogen and oxygen atoms in total. The lowest BCUT2D eigenvalue weighted by Gasteiger charge is -2.25. The van der Waals surface area contributed by atoms with E-state index in [-0.39, 0.29) is 0 Å². The van der Waals surface area contributed by atoms with Crippen LogP contribution in [0.3, 0.4) is 0 Å². The van der Waals surface area contributed by atoms with Crippen molar-refractivity contribution in [2.24, 2.45) is 0 Å². The van der Waals surface area contributed by atoms with E-state index in [0.29, 0.717) is 12.2 Å². The Labute approximate surface area is 131 Å². The molecular formula is C19H21NO2. The monoisotopic (exact) mass is 295 g/mol. The highest BCUT2D eigenvalue weighted by Gasteiger charge is 2.33. The zero-order valence-electron chi connectivity index (χ0n) is 13.3. The number of methoxy groups -OCH3 is 1. The first-order valence-electron chi connectivity index (χ1n) is 7.96. The molecule has 1 aromatic carbocycles. The molecule has 0 N–H and O–H groups in total. The average molecular weight is 295 g/mol. The van der Waals surface area contributed by atoms with Crippen molar-refractivity contribution in [2.75, 3.05) is 7.11 Å². The summed E-state index contributed by atoms with van der Waals surface area (Å²) in [5.41, 5.74) is 6.11. The van der Waals surface area contributed by atoms with Crippen LogP contribution in [0.15, 0.2) is 29.8 Å². The summed E-state index contributed by atoms with van der Waals surface area (Å²) >= 11 is 0. The van der Waals surface area contributed by atoms with Crippen molar-refractivity contribution in [3.05, 3.63) is 41.1 Å². The van der Waals surface area contributed by atoms with E-state index in [0.717, 1.165) is 35.2 Å². The molecule has 1 aromatic heterocycles. The fourth-order valence-corrected chi connectivity index (χ4v) is 3.78. The molecule has 0 spiro atoms. The van der Waals surface area contributed by atoms with Gasteiger partial charge in [0.05, 0.1) is 24.8 Å². The van der Waals surface area contributed by atoms with Crippen molar-refractivity contribution < 1.29 is 9.47 Å². The molecule has 2 aromatic rings. The van der Waals surface area contributed by atoms with E-state index in [4.69, 9.17) is 9.47 Å². The van der Waals surface area contributed by atoms with Crippen LogP contribution in [0.5, 0.6) is 5.75 Å². The maximum Gasteiger partial charge on any atom is 0.130 e. The molecule has 2 aliphatic heterocycles. The van der Waals surface area contributed by atoms with Crippen LogP contribution in [0.1, 0.15) is 37.4 Å². The number of benzene rings is 1. The van der Waals surface area contributed by atoms with Crippen molar-refractivity contribution in [1.29, 1.82) is 0 Å². The standard InChI is InChI=1S/C19H21NO2/c1-11-8-19(21-3)16-9-13(4-6-17(16)20-11)15-10-14-5-7-18(22-14)12(15)2/h4,6,8-9,14,18H,5,7,10H2,1-3H3/t14-,18+/m1/s1. The molecule has 22 heavy (non-hydrogen) atoms. The van der Waals surface area contributed by atoms with Crippen molar-refractivity contribution in [2.45, 2.75) is 45.3 Å². The van der Waals surface area contributed by atoms with Gasteiger partial charge < -0.3 is 9.47 Å². The number of nitrogens with zero attached hydrogens (tertiary/aromatic N) is 1. The van der Waals surface area contributed by atoms with Crippen LogP contribution in [0.4, 0.5) is 0 Å². The first kappa shape index (κ1) is 13.8. The van der Waals surface area contributed by atoms with Gasteiger partial charge in [0, 0.05) is 17.1 Å². The molecule has 114 valence electrons. The summed E-state index contributed by atoms with van der Waals surface area (Å²) in [6.07, 6.45) is 4.09. The highest BCUT2D eigenvalue weighted by molar-refractivity contribution is 5.89. The van der Waals surface area contributed by atoms with Crippen LogP contribution in [0, 0.1) is 6.92 Å². The van der Waals surface area contributed by atoms with E-state index in [1.807, 2.05) is 13.0 Å². The van der Waals surface area contributed by atoms with Crippen molar-refractivity contribution in [3.8, 4) is 5.75 Å². The minimum atomic E-state index is 0.322. The predicted octanol–water partition coefficient (Wildman–Crippen LogP) is 4.28. The Morgan fingerprint density at radius 1 is 1.18 bits per heavy atom. The number of hydrogen-bond acceptors (Lipinski definition) is 3. The van der Waals surface area contributed by atoms with Crippen LogP contribution < -0.4 is 4.74 Å². The minimum Gasteiger partial charge on any atom is -0.496 e. The molecule has 3 heteroatoms.